The molecule has 3 rings (SSSR count). The fraction of sp³-hybridized carbons (Fsp3) is 0.500. The predicted octanol–water partition coefficient (Wildman–Crippen LogP) is 3.82. The summed E-state index contributed by atoms with van der Waals surface area (Å²) in [5.74, 6) is 1.35. The Bertz CT molecular complexity index is 846. The lowest BCUT2D eigenvalue weighted by molar-refractivity contribution is -0.144. The molecule has 2 aromatic rings. The number of benzene rings is 1. The zero-order valence-corrected chi connectivity index (χ0v) is 18.4. The largest absolute Gasteiger partial charge is 0.497 e. The molecule has 0 radical (unpaired) electrons. The number of esters is 1. The van der Waals surface area contributed by atoms with Crippen LogP contribution in [0, 0.1) is 0 Å². The number of carbonyl (C=O) groups is 2. The molecule has 1 aliphatic heterocycles. The van der Waals surface area contributed by atoms with E-state index in [9.17, 15) is 9.59 Å². The Balaban J connectivity index is 1.35. The molecule has 1 atom stereocenters. The molecule has 0 bridgehead atoms. The lowest BCUT2D eigenvalue weighted by atomic mass is 9.99. The molecule has 0 spiro atoms. The van der Waals surface area contributed by atoms with E-state index in [1.165, 1.54) is 0 Å². The monoisotopic (exact) mass is 428 g/mol. The van der Waals surface area contributed by atoms with Crippen LogP contribution in [0.3, 0.4) is 0 Å². The average molecular weight is 429 g/mol. The van der Waals surface area contributed by atoms with E-state index in [0.29, 0.717) is 38.2 Å². The van der Waals surface area contributed by atoms with Crippen LogP contribution in [-0.4, -0.2) is 54.3 Å². The fourth-order valence-corrected chi connectivity index (χ4v) is 3.86. The van der Waals surface area contributed by atoms with Crippen LogP contribution in [0.2, 0.25) is 0 Å². The number of nitrogens with zero attached hydrogens (tertiary/aromatic N) is 2. The zero-order chi connectivity index (χ0) is 22.1. The third-order valence-corrected chi connectivity index (χ3v) is 5.62. The molecular weight excluding hydrogens is 396 g/mol. The number of carbonyl (C=O) groups excluding carboxylic acids is 2. The minimum atomic E-state index is -0.227. The quantitative estimate of drug-likeness (QED) is 0.425. The molecule has 1 fully saturated rings. The van der Waals surface area contributed by atoms with E-state index in [-0.39, 0.29) is 17.9 Å². The molecule has 1 aliphatic rings. The van der Waals surface area contributed by atoms with Gasteiger partial charge in [0.2, 0.25) is 0 Å². The van der Waals surface area contributed by atoms with E-state index in [1.54, 1.807) is 7.11 Å². The molecule has 0 unspecified atom stereocenters. The average Bonchev–Trinajstić information content (AvgIpc) is 3.23. The van der Waals surface area contributed by atoms with Crippen LogP contribution < -0.4 is 9.47 Å². The van der Waals surface area contributed by atoms with Crippen molar-refractivity contribution >= 4 is 11.9 Å². The molecule has 2 heterocycles. The van der Waals surface area contributed by atoms with Crippen molar-refractivity contribution in [3.63, 3.8) is 0 Å². The number of hydrogen-bond acceptors (Lipinski definition) is 5. The van der Waals surface area contributed by atoms with Crippen molar-refractivity contribution < 1.29 is 23.8 Å². The highest BCUT2D eigenvalue weighted by Gasteiger charge is 2.28. The number of methoxy groups -OCH3 is 1. The van der Waals surface area contributed by atoms with Crippen molar-refractivity contribution in [2.75, 3.05) is 26.9 Å². The van der Waals surface area contributed by atoms with Crippen LogP contribution in [0.1, 0.15) is 49.0 Å². The molecule has 1 saturated heterocycles. The summed E-state index contributed by atoms with van der Waals surface area (Å²) in [5.41, 5.74) is 0.695. The first-order valence-corrected chi connectivity index (χ1v) is 10.9. The van der Waals surface area contributed by atoms with Crippen molar-refractivity contribution in [3.05, 3.63) is 48.3 Å². The highest BCUT2D eigenvalue weighted by molar-refractivity contribution is 5.93. The van der Waals surface area contributed by atoms with Gasteiger partial charge in [-0.25, -0.2) is 0 Å². The number of piperidine rings is 1. The Morgan fingerprint density at radius 1 is 1.06 bits per heavy atom. The first kappa shape index (κ1) is 22.7. The van der Waals surface area contributed by atoms with Gasteiger partial charge in [0.25, 0.3) is 5.91 Å². The van der Waals surface area contributed by atoms with Crippen molar-refractivity contribution in [3.8, 4) is 11.5 Å². The normalized spacial score (nSPS) is 16.1. The van der Waals surface area contributed by atoms with Gasteiger partial charge < -0.3 is 23.7 Å². The second-order valence-electron chi connectivity index (χ2n) is 7.79. The fourth-order valence-electron chi connectivity index (χ4n) is 3.86. The molecule has 0 aliphatic carbocycles. The Kier molecular flexibility index (Phi) is 8.38. The van der Waals surface area contributed by atoms with Crippen molar-refractivity contribution in [1.29, 1.82) is 0 Å². The van der Waals surface area contributed by atoms with E-state index >= 15 is 0 Å². The van der Waals surface area contributed by atoms with Gasteiger partial charge in [-0.3, -0.25) is 9.59 Å². The molecule has 1 amide bonds. The first-order chi connectivity index (χ1) is 15.1. The van der Waals surface area contributed by atoms with Gasteiger partial charge in [0, 0.05) is 38.7 Å². The third kappa shape index (κ3) is 6.51. The van der Waals surface area contributed by atoms with Gasteiger partial charge in [0.05, 0.1) is 20.3 Å². The van der Waals surface area contributed by atoms with Crippen molar-refractivity contribution in [1.82, 2.24) is 9.47 Å². The second kappa shape index (κ2) is 11.4. The highest BCUT2D eigenvalue weighted by Crippen LogP contribution is 2.22. The number of rotatable bonds is 10. The summed E-state index contributed by atoms with van der Waals surface area (Å²) in [6.45, 7) is 1.54. The van der Waals surface area contributed by atoms with Gasteiger partial charge in [-0.1, -0.05) is 0 Å². The highest BCUT2D eigenvalue weighted by atomic mass is 16.5. The Morgan fingerprint density at radius 3 is 2.55 bits per heavy atom. The smallest absolute Gasteiger partial charge is 0.305 e. The first-order valence-electron chi connectivity index (χ1n) is 10.9. The van der Waals surface area contributed by atoms with Gasteiger partial charge >= 0.3 is 5.97 Å². The molecule has 1 aromatic heterocycles. The SMILES string of the molecule is COc1ccc(OCCCC(=O)OCC[C@H]2CCCCN2C(=O)c2cccn2C)cc1. The molecule has 0 saturated carbocycles. The summed E-state index contributed by atoms with van der Waals surface area (Å²) < 4.78 is 18.0. The summed E-state index contributed by atoms with van der Waals surface area (Å²) in [4.78, 5) is 26.9. The Labute approximate surface area is 183 Å². The van der Waals surface area contributed by atoms with Crippen molar-refractivity contribution in [2.45, 2.75) is 44.6 Å². The summed E-state index contributed by atoms with van der Waals surface area (Å²) in [7, 11) is 3.50. The standard InChI is InChI=1S/C24H32N2O5/c1-25-15-5-8-22(25)24(28)26-16-4-3-7-19(26)14-18-31-23(27)9-6-17-30-21-12-10-20(29-2)11-13-21/h5,8,10-13,15,19H,3-4,6-7,9,14,16-18H2,1-2H3/t19-/m1/s1. The van der Waals surface area contributed by atoms with Gasteiger partial charge in [0.1, 0.15) is 17.2 Å². The molecule has 168 valence electrons. The van der Waals surface area contributed by atoms with Crippen LogP contribution >= 0.6 is 0 Å². The topological polar surface area (TPSA) is 70.0 Å². The molecule has 0 N–H and O–H groups in total. The second-order valence-corrected chi connectivity index (χ2v) is 7.79. The molecular formula is C24H32N2O5. The minimum Gasteiger partial charge on any atom is -0.497 e. The van der Waals surface area contributed by atoms with E-state index in [0.717, 1.165) is 37.3 Å². The molecule has 7 nitrogen and oxygen atoms in total. The van der Waals surface area contributed by atoms with E-state index in [2.05, 4.69) is 0 Å². The molecule has 1 aromatic carbocycles. The Hall–Kier alpha value is -2.96. The number of hydrogen-bond donors (Lipinski definition) is 0. The Morgan fingerprint density at radius 2 is 1.84 bits per heavy atom. The third-order valence-electron chi connectivity index (χ3n) is 5.62. The number of ether oxygens (including phenoxy) is 3. The van der Waals surface area contributed by atoms with Gasteiger partial charge in [0.15, 0.2) is 0 Å². The van der Waals surface area contributed by atoms with Crippen LogP contribution in [0.5, 0.6) is 11.5 Å². The summed E-state index contributed by atoms with van der Waals surface area (Å²) >= 11 is 0. The minimum absolute atomic E-state index is 0.0548. The van der Waals surface area contributed by atoms with Gasteiger partial charge in [-0.15, -0.1) is 0 Å². The van der Waals surface area contributed by atoms with Crippen LogP contribution in [0.25, 0.3) is 0 Å². The lowest BCUT2D eigenvalue weighted by Crippen LogP contribution is -2.44. The van der Waals surface area contributed by atoms with Gasteiger partial charge in [-0.05, 0) is 62.1 Å². The van der Waals surface area contributed by atoms with Crippen molar-refractivity contribution in [2.24, 2.45) is 7.05 Å². The lowest BCUT2D eigenvalue weighted by Gasteiger charge is -2.35. The van der Waals surface area contributed by atoms with Gasteiger partial charge in [-0.2, -0.15) is 0 Å². The number of aryl methyl sites for hydroxylation is 1. The maximum Gasteiger partial charge on any atom is 0.305 e. The van der Waals surface area contributed by atoms with Crippen LogP contribution in [0.4, 0.5) is 0 Å². The number of likely N-dealkylation sites (tertiary alicyclic amines) is 1. The maximum atomic E-state index is 12.9. The van der Waals surface area contributed by atoms with Crippen LogP contribution in [-0.2, 0) is 16.6 Å². The zero-order valence-electron chi connectivity index (χ0n) is 18.4. The van der Waals surface area contributed by atoms with E-state index in [4.69, 9.17) is 14.2 Å². The summed E-state index contributed by atoms with van der Waals surface area (Å²) in [5, 5.41) is 0. The molecule has 7 heteroatoms. The van der Waals surface area contributed by atoms with Crippen LogP contribution in [0.15, 0.2) is 42.6 Å². The summed E-state index contributed by atoms with van der Waals surface area (Å²) in [6.07, 6.45) is 6.51. The van der Waals surface area contributed by atoms with E-state index in [1.807, 2.05) is 59.1 Å². The van der Waals surface area contributed by atoms with E-state index < -0.39 is 0 Å². The number of amides is 1. The molecule has 31 heavy (non-hydrogen) atoms. The maximum absolute atomic E-state index is 12.9. The predicted molar refractivity (Wildman–Crippen MR) is 117 cm³/mol. The number of aromatic nitrogens is 1. The summed E-state index contributed by atoms with van der Waals surface area (Å²) in [6, 6.07) is 11.2.